The van der Waals surface area contributed by atoms with Gasteiger partial charge in [0.2, 0.25) is 5.91 Å². The van der Waals surface area contributed by atoms with E-state index in [0.717, 1.165) is 24.7 Å². The highest BCUT2D eigenvalue weighted by molar-refractivity contribution is 5.77. The highest BCUT2D eigenvalue weighted by Gasteiger charge is 2.32. The first kappa shape index (κ1) is 17.3. The summed E-state index contributed by atoms with van der Waals surface area (Å²) in [6.45, 7) is 0.376. The van der Waals surface area contributed by atoms with E-state index in [0.29, 0.717) is 29.9 Å². The molecule has 1 heterocycles. The molecule has 138 valence electrons. The average molecular weight is 353 g/mol. The van der Waals surface area contributed by atoms with E-state index in [4.69, 9.17) is 0 Å². The van der Waals surface area contributed by atoms with Gasteiger partial charge in [0.15, 0.2) is 0 Å². The number of aromatic nitrogens is 2. The van der Waals surface area contributed by atoms with E-state index in [1.807, 2.05) is 18.2 Å². The fraction of sp³-hybridized carbons (Fsp3) is 0.571. The van der Waals surface area contributed by atoms with Crippen LogP contribution in [0.3, 0.4) is 0 Å². The summed E-state index contributed by atoms with van der Waals surface area (Å²) in [4.78, 5) is 29.2. The molecule has 2 fully saturated rings. The number of rotatable bonds is 4. The monoisotopic (exact) mass is 353 g/mol. The van der Waals surface area contributed by atoms with Gasteiger partial charge in [0, 0.05) is 19.0 Å². The summed E-state index contributed by atoms with van der Waals surface area (Å²) in [5.74, 6) is 1.73. The number of nitrogens with one attached hydrogen (secondary N) is 1. The van der Waals surface area contributed by atoms with E-state index in [9.17, 15) is 9.59 Å². The quantitative estimate of drug-likeness (QED) is 0.917. The molecule has 0 radical (unpaired) electrons. The van der Waals surface area contributed by atoms with Crippen LogP contribution in [-0.4, -0.2) is 21.5 Å². The Balaban J connectivity index is 1.33. The third-order valence-electron chi connectivity index (χ3n) is 6.22. The molecule has 5 nitrogen and oxygen atoms in total. The Morgan fingerprint density at radius 3 is 2.81 bits per heavy atom. The SMILES string of the molecule is O=C(CCn1cnc2ccccc2c1=O)N[C@@H]1CC[C@@H]2CCCC[C@H]2C1. The average Bonchev–Trinajstić information content (AvgIpc) is 2.67. The molecule has 1 N–H and O–H groups in total. The Labute approximate surface area is 153 Å². The maximum absolute atomic E-state index is 12.5. The van der Waals surface area contributed by atoms with Gasteiger partial charge >= 0.3 is 0 Å². The number of nitrogens with zero attached hydrogens (tertiary/aromatic N) is 2. The number of aryl methyl sites for hydroxylation is 1. The number of para-hydroxylation sites is 1. The lowest BCUT2D eigenvalue weighted by molar-refractivity contribution is -0.122. The van der Waals surface area contributed by atoms with Gasteiger partial charge in [-0.2, -0.15) is 0 Å². The van der Waals surface area contributed by atoms with Crippen molar-refractivity contribution in [2.75, 3.05) is 0 Å². The van der Waals surface area contributed by atoms with Crippen LogP contribution < -0.4 is 10.9 Å². The molecule has 4 rings (SSSR count). The molecule has 1 aromatic carbocycles. The van der Waals surface area contributed by atoms with Crippen LogP contribution in [-0.2, 0) is 11.3 Å². The number of hydrogen-bond donors (Lipinski definition) is 1. The standard InChI is InChI=1S/C21H27N3O2/c25-20(23-17-10-9-15-5-1-2-6-16(15)13-17)11-12-24-14-22-19-8-4-3-7-18(19)21(24)26/h3-4,7-8,14-17H,1-2,5-6,9-13H2,(H,23,25)/t15-,16-,17+/m0/s1. The molecule has 2 aromatic rings. The van der Waals surface area contributed by atoms with Crippen molar-refractivity contribution in [2.24, 2.45) is 11.8 Å². The first-order chi connectivity index (χ1) is 12.7. The first-order valence-electron chi connectivity index (χ1n) is 9.94. The maximum Gasteiger partial charge on any atom is 0.261 e. The van der Waals surface area contributed by atoms with Crippen molar-refractivity contribution < 1.29 is 4.79 Å². The van der Waals surface area contributed by atoms with Gasteiger partial charge in [-0.15, -0.1) is 0 Å². The van der Waals surface area contributed by atoms with Crippen LogP contribution in [0.15, 0.2) is 35.4 Å². The lowest BCUT2D eigenvalue weighted by Gasteiger charge is -2.39. The third-order valence-corrected chi connectivity index (χ3v) is 6.22. The molecule has 1 amide bonds. The second-order valence-electron chi connectivity index (χ2n) is 7.89. The van der Waals surface area contributed by atoms with Gasteiger partial charge in [-0.25, -0.2) is 4.98 Å². The zero-order valence-corrected chi connectivity index (χ0v) is 15.2. The van der Waals surface area contributed by atoms with Crippen molar-refractivity contribution in [3.05, 3.63) is 40.9 Å². The number of carbonyl (C=O) groups is 1. The highest BCUT2D eigenvalue weighted by atomic mass is 16.2. The van der Waals surface area contributed by atoms with Gasteiger partial charge in [0.1, 0.15) is 0 Å². The van der Waals surface area contributed by atoms with Crippen molar-refractivity contribution >= 4 is 16.8 Å². The van der Waals surface area contributed by atoms with Crippen LogP contribution in [0.4, 0.5) is 0 Å². The maximum atomic E-state index is 12.5. The Hall–Kier alpha value is -2.17. The van der Waals surface area contributed by atoms with Crippen LogP contribution in [0.1, 0.15) is 51.4 Å². The zero-order valence-electron chi connectivity index (χ0n) is 15.2. The Morgan fingerprint density at radius 2 is 1.92 bits per heavy atom. The zero-order chi connectivity index (χ0) is 17.9. The van der Waals surface area contributed by atoms with Crippen LogP contribution in [0.2, 0.25) is 0 Å². The largest absolute Gasteiger partial charge is 0.353 e. The minimum atomic E-state index is -0.0777. The molecule has 0 saturated heterocycles. The third kappa shape index (κ3) is 3.67. The predicted molar refractivity (Wildman–Crippen MR) is 102 cm³/mol. The summed E-state index contributed by atoms with van der Waals surface area (Å²) < 4.78 is 1.54. The highest BCUT2D eigenvalue weighted by Crippen LogP contribution is 2.40. The fourth-order valence-corrected chi connectivity index (χ4v) is 4.79. The summed E-state index contributed by atoms with van der Waals surface area (Å²) >= 11 is 0. The number of fused-ring (bicyclic) bond motifs is 2. The molecular formula is C21H27N3O2. The minimum Gasteiger partial charge on any atom is -0.353 e. The Bertz CT molecular complexity index is 845. The molecule has 2 saturated carbocycles. The van der Waals surface area contributed by atoms with E-state index in [-0.39, 0.29) is 11.5 Å². The lowest BCUT2D eigenvalue weighted by Crippen LogP contribution is -2.42. The molecular weight excluding hydrogens is 326 g/mol. The second-order valence-corrected chi connectivity index (χ2v) is 7.89. The second kappa shape index (κ2) is 7.60. The first-order valence-corrected chi connectivity index (χ1v) is 9.94. The molecule has 0 unspecified atom stereocenters. The van der Waals surface area contributed by atoms with Crippen LogP contribution >= 0.6 is 0 Å². The van der Waals surface area contributed by atoms with Crippen LogP contribution in [0.25, 0.3) is 10.9 Å². The van der Waals surface area contributed by atoms with Gasteiger partial charge in [0.25, 0.3) is 5.56 Å². The van der Waals surface area contributed by atoms with Crippen molar-refractivity contribution in [1.82, 2.24) is 14.9 Å². The van der Waals surface area contributed by atoms with Gasteiger partial charge in [-0.1, -0.05) is 37.8 Å². The Kier molecular flexibility index (Phi) is 5.05. The molecule has 3 atom stereocenters. The normalized spacial score (nSPS) is 25.6. The van der Waals surface area contributed by atoms with Crippen molar-refractivity contribution in [3.63, 3.8) is 0 Å². The summed E-state index contributed by atoms with van der Waals surface area (Å²) in [7, 11) is 0. The number of benzene rings is 1. The molecule has 5 heteroatoms. The summed E-state index contributed by atoms with van der Waals surface area (Å²) in [6.07, 6.45) is 10.8. The van der Waals surface area contributed by atoms with Crippen molar-refractivity contribution in [1.29, 1.82) is 0 Å². The van der Waals surface area contributed by atoms with E-state index < -0.39 is 0 Å². The smallest absolute Gasteiger partial charge is 0.261 e. The van der Waals surface area contributed by atoms with Crippen LogP contribution in [0, 0.1) is 11.8 Å². The fourth-order valence-electron chi connectivity index (χ4n) is 4.79. The topological polar surface area (TPSA) is 64.0 Å². The predicted octanol–water partition coefficient (Wildman–Crippen LogP) is 3.26. The molecule has 0 spiro atoms. The van der Waals surface area contributed by atoms with E-state index in [1.165, 1.54) is 32.1 Å². The van der Waals surface area contributed by atoms with E-state index in [1.54, 1.807) is 17.0 Å². The van der Waals surface area contributed by atoms with Crippen molar-refractivity contribution in [2.45, 2.75) is 64.0 Å². The van der Waals surface area contributed by atoms with Crippen molar-refractivity contribution in [3.8, 4) is 0 Å². The number of carbonyl (C=O) groups excluding carboxylic acids is 1. The summed E-state index contributed by atoms with van der Waals surface area (Å²) in [5, 5.41) is 3.81. The Morgan fingerprint density at radius 1 is 1.12 bits per heavy atom. The summed E-state index contributed by atoms with van der Waals surface area (Å²) in [5.41, 5.74) is 0.619. The van der Waals surface area contributed by atoms with E-state index >= 15 is 0 Å². The molecule has 0 bridgehead atoms. The lowest BCUT2D eigenvalue weighted by atomic mass is 9.69. The minimum absolute atomic E-state index is 0.0457. The van der Waals surface area contributed by atoms with Gasteiger partial charge < -0.3 is 5.32 Å². The molecule has 0 aliphatic heterocycles. The molecule has 2 aliphatic carbocycles. The molecule has 26 heavy (non-hydrogen) atoms. The number of amides is 1. The summed E-state index contributed by atoms with van der Waals surface area (Å²) in [6, 6.07) is 7.63. The molecule has 1 aromatic heterocycles. The van der Waals surface area contributed by atoms with Gasteiger partial charge in [-0.3, -0.25) is 14.2 Å². The van der Waals surface area contributed by atoms with Gasteiger partial charge in [0.05, 0.1) is 17.2 Å². The molecule has 2 aliphatic rings. The van der Waals surface area contributed by atoms with E-state index in [2.05, 4.69) is 10.3 Å². The number of hydrogen-bond acceptors (Lipinski definition) is 3. The van der Waals surface area contributed by atoms with Gasteiger partial charge in [-0.05, 0) is 43.2 Å². The van der Waals surface area contributed by atoms with Crippen LogP contribution in [0.5, 0.6) is 0 Å².